The summed E-state index contributed by atoms with van der Waals surface area (Å²) in [6.07, 6.45) is 3.39. The first-order valence-electron chi connectivity index (χ1n) is 13.1. The van der Waals surface area contributed by atoms with Gasteiger partial charge < -0.3 is 18.6 Å². The zero-order valence-electron chi connectivity index (χ0n) is 22.6. The van der Waals surface area contributed by atoms with E-state index in [1.54, 1.807) is 23.0 Å². The molecule has 1 amide bonds. The molecule has 0 spiro atoms. The predicted molar refractivity (Wildman–Crippen MR) is 154 cm³/mol. The van der Waals surface area contributed by atoms with Crippen molar-refractivity contribution in [2.45, 2.75) is 20.8 Å². The van der Waals surface area contributed by atoms with Crippen LogP contribution in [0, 0.1) is 0 Å². The third-order valence-electron chi connectivity index (χ3n) is 5.96. The van der Waals surface area contributed by atoms with Crippen LogP contribution >= 0.6 is 0 Å². The molecule has 204 valence electrons. The standard InChI is InChI=1S/C31H30N4O5/c1-4-37-27-17-22(18-28(38-5-2)30(27)39-6-3)31(36)33-32-19-23-20-35(24-13-8-7-9-14-24)34-29(23)26-16-21-12-10-11-15-25(21)40-26/h7-20H,4-6H2,1-3H3,(H,33,36)/b32-19+. The Hall–Kier alpha value is -5.05. The van der Waals surface area contributed by atoms with E-state index in [1.165, 1.54) is 0 Å². The summed E-state index contributed by atoms with van der Waals surface area (Å²) < 4.78 is 25.0. The summed E-state index contributed by atoms with van der Waals surface area (Å²) >= 11 is 0. The van der Waals surface area contributed by atoms with Crippen LogP contribution in [0.1, 0.15) is 36.7 Å². The lowest BCUT2D eigenvalue weighted by Crippen LogP contribution is -2.18. The van der Waals surface area contributed by atoms with Gasteiger partial charge in [0.05, 0.1) is 31.7 Å². The van der Waals surface area contributed by atoms with Gasteiger partial charge in [0.25, 0.3) is 5.91 Å². The predicted octanol–water partition coefficient (Wildman–Crippen LogP) is 6.25. The number of amides is 1. The molecule has 0 fully saturated rings. The van der Waals surface area contributed by atoms with E-state index in [4.69, 9.17) is 23.7 Å². The number of nitrogens with zero attached hydrogens (tertiary/aromatic N) is 3. The van der Waals surface area contributed by atoms with E-state index in [0.717, 1.165) is 16.7 Å². The molecular formula is C31H30N4O5. The zero-order chi connectivity index (χ0) is 27.9. The molecule has 9 nitrogen and oxygen atoms in total. The number of nitrogens with one attached hydrogen (secondary N) is 1. The molecule has 5 aromatic rings. The molecule has 0 aliphatic carbocycles. The summed E-state index contributed by atoms with van der Waals surface area (Å²) in [4.78, 5) is 13.1. The largest absolute Gasteiger partial charge is 0.490 e. The van der Waals surface area contributed by atoms with Crippen LogP contribution < -0.4 is 19.6 Å². The molecule has 0 saturated heterocycles. The fraction of sp³-hybridized carbons (Fsp3) is 0.194. The fourth-order valence-corrected chi connectivity index (χ4v) is 4.23. The second-order valence-electron chi connectivity index (χ2n) is 8.66. The third-order valence-corrected chi connectivity index (χ3v) is 5.96. The highest BCUT2D eigenvalue weighted by atomic mass is 16.5. The van der Waals surface area contributed by atoms with Crippen molar-refractivity contribution >= 4 is 23.1 Å². The molecule has 5 rings (SSSR count). The van der Waals surface area contributed by atoms with E-state index in [0.29, 0.717) is 59.7 Å². The number of rotatable bonds is 11. The highest BCUT2D eigenvalue weighted by molar-refractivity contribution is 5.97. The minimum absolute atomic E-state index is 0.324. The number of carbonyl (C=O) groups excluding carboxylic acids is 1. The Bertz CT molecular complexity index is 1580. The van der Waals surface area contributed by atoms with Crippen molar-refractivity contribution in [1.82, 2.24) is 15.2 Å². The van der Waals surface area contributed by atoms with Crippen molar-refractivity contribution in [3.05, 3.63) is 90.1 Å². The van der Waals surface area contributed by atoms with Crippen LogP contribution in [0.3, 0.4) is 0 Å². The molecule has 0 aliphatic rings. The van der Waals surface area contributed by atoms with Gasteiger partial charge in [-0.15, -0.1) is 0 Å². The highest BCUT2D eigenvalue weighted by Gasteiger charge is 2.19. The zero-order valence-corrected chi connectivity index (χ0v) is 22.6. The van der Waals surface area contributed by atoms with Crippen molar-refractivity contribution in [3.63, 3.8) is 0 Å². The van der Waals surface area contributed by atoms with Gasteiger partial charge in [-0.25, -0.2) is 10.1 Å². The van der Waals surface area contributed by atoms with E-state index in [2.05, 4.69) is 10.5 Å². The number of benzene rings is 3. The van der Waals surface area contributed by atoms with Gasteiger partial charge in [0, 0.05) is 22.7 Å². The lowest BCUT2D eigenvalue weighted by atomic mass is 10.1. The number of hydrazone groups is 1. The highest BCUT2D eigenvalue weighted by Crippen LogP contribution is 2.39. The molecule has 40 heavy (non-hydrogen) atoms. The second kappa shape index (κ2) is 12.2. The van der Waals surface area contributed by atoms with Gasteiger partial charge in [-0.05, 0) is 57.2 Å². The molecule has 0 bridgehead atoms. The van der Waals surface area contributed by atoms with Crippen molar-refractivity contribution in [3.8, 4) is 34.4 Å². The van der Waals surface area contributed by atoms with E-state index >= 15 is 0 Å². The Balaban J connectivity index is 1.45. The summed E-state index contributed by atoms with van der Waals surface area (Å²) in [5, 5.41) is 9.97. The van der Waals surface area contributed by atoms with E-state index in [9.17, 15) is 4.79 Å². The van der Waals surface area contributed by atoms with Crippen molar-refractivity contribution in [2.75, 3.05) is 19.8 Å². The van der Waals surface area contributed by atoms with Gasteiger partial charge in [-0.3, -0.25) is 4.79 Å². The summed E-state index contributed by atoms with van der Waals surface area (Å²) in [6, 6.07) is 22.7. The molecule has 0 unspecified atom stereocenters. The van der Waals surface area contributed by atoms with Crippen LogP contribution in [0.5, 0.6) is 17.2 Å². The minimum Gasteiger partial charge on any atom is -0.490 e. The van der Waals surface area contributed by atoms with Crippen molar-refractivity contribution in [1.29, 1.82) is 0 Å². The van der Waals surface area contributed by atoms with Crippen LogP contribution in [0.15, 0.2) is 88.5 Å². The quantitative estimate of drug-likeness (QED) is 0.158. The minimum atomic E-state index is -0.429. The first kappa shape index (κ1) is 26.6. The molecule has 0 aliphatic heterocycles. The number of carbonyl (C=O) groups is 1. The fourth-order valence-electron chi connectivity index (χ4n) is 4.23. The molecule has 0 atom stereocenters. The van der Waals surface area contributed by atoms with Gasteiger partial charge in [0.15, 0.2) is 17.3 Å². The van der Waals surface area contributed by atoms with Crippen molar-refractivity contribution in [2.24, 2.45) is 5.10 Å². The number of ether oxygens (including phenoxy) is 3. The Morgan fingerprint density at radius 1 is 0.925 bits per heavy atom. The number of fused-ring (bicyclic) bond motifs is 1. The molecule has 1 N–H and O–H groups in total. The topological polar surface area (TPSA) is 100 Å². The first-order valence-corrected chi connectivity index (χ1v) is 13.1. The summed E-state index contributed by atoms with van der Waals surface area (Å²) in [7, 11) is 0. The molecule has 9 heteroatoms. The number of hydrogen-bond donors (Lipinski definition) is 1. The van der Waals surface area contributed by atoms with E-state index in [1.807, 2.05) is 87.6 Å². The SMILES string of the molecule is CCOc1cc(C(=O)N/N=C/c2cn(-c3ccccc3)nc2-c2cc3ccccc3o2)cc(OCC)c1OCC. The van der Waals surface area contributed by atoms with Gasteiger partial charge >= 0.3 is 0 Å². The Morgan fingerprint density at radius 2 is 1.60 bits per heavy atom. The van der Waals surface area contributed by atoms with Gasteiger partial charge in [-0.1, -0.05) is 36.4 Å². The van der Waals surface area contributed by atoms with E-state index < -0.39 is 5.91 Å². The number of furan rings is 1. The van der Waals surface area contributed by atoms with Crippen LogP contribution in [-0.4, -0.2) is 41.7 Å². The number of aromatic nitrogens is 2. The van der Waals surface area contributed by atoms with Crippen LogP contribution in [0.2, 0.25) is 0 Å². The molecule has 0 radical (unpaired) electrons. The maximum atomic E-state index is 13.1. The molecule has 2 aromatic heterocycles. The van der Waals surface area contributed by atoms with Gasteiger partial charge in [0.2, 0.25) is 5.75 Å². The van der Waals surface area contributed by atoms with Crippen LogP contribution in [0.4, 0.5) is 0 Å². The van der Waals surface area contributed by atoms with Crippen molar-refractivity contribution < 1.29 is 23.4 Å². The van der Waals surface area contributed by atoms with E-state index in [-0.39, 0.29) is 0 Å². The molecular weight excluding hydrogens is 508 g/mol. The average Bonchev–Trinajstić information content (AvgIpc) is 3.60. The third kappa shape index (κ3) is 5.68. The Kier molecular flexibility index (Phi) is 8.10. The normalized spacial score (nSPS) is 11.2. The smallest absolute Gasteiger partial charge is 0.271 e. The molecule has 2 heterocycles. The summed E-state index contributed by atoms with van der Waals surface area (Å²) in [5.41, 5.74) is 5.82. The summed E-state index contributed by atoms with van der Waals surface area (Å²) in [6.45, 7) is 6.85. The van der Waals surface area contributed by atoms with Crippen LogP contribution in [0.25, 0.3) is 28.1 Å². The summed E-state index contributed by atoms with van der Waals surface area (Å²) in [5.74, 6) is 1.50. The van der Waals surface area contributed by atoms with Gasteiger partial charge in [-0.2, -0.15) is 10.2 Å². The average molecular weight is 539 g/mol. The lowest BCUT2D eigenvalue weighted by molar-refractivity contribution is 0.0954. The molecule has 0 saturated carbocycles. The number of para-hydroxylation sites is 2. The first-order chi connectivity index (χ1) is 19.6. The second-order valence-corrected chi connectivity index (χ2v) is 8.66. The molecule has 3 aromatic carbocycles. The van der Waals surface area contributed by atoms with Gasteiger partial charge in [0.1, 0.15) is 11.3 Å². The maximum absolute atomic E-state index is 13.1. The Morgan fingerprint density at radius 3 is 2.27 bits per heavy atom. The van der Waals surface area contributed by atoms with Crippen LogP contribution in [-0.2, 0) is 0 Å². The monoisotopic (exact) mass is 538 g/mol. The lowest BCUT2D eigenvalue weighted by Gasteiger charge is -2.16. The Labute approximate surface area is 232 Å². The number of hydrogen-bond acceptors (Lipinski definition) is 7. The maximum Gasteiger partial charge on any atom is 0.271 e.